The van der Waals surface area contributed by atoms with Crippen molar-refractivity contribution in [2.45, 2.75) is 45.4 Å². The van der Waals surface area contributed by atoms with Crippen molar-refractivity contribution in [3.05, 3.63) is 28.0 Å². The van der Waals surface area contributed by atoms with Crippen LogP contribution in [0.25, 0.3) is 0 Å². The maximum Gasteiger partial charge on any atom is 0.130 e. The molecule has 0 aromatic carbocycles. The highest BCUT2D eigenvalue weighted by Gasteiger charge is 2.38. The second-order valence-electron chi connectivity index (χ2n) is 6.37. The maximum atomic E-state index is 6.21. The number of morpholine rings is 1. The summed E-state index contributed by atoms with van der Waals surface area (Å²) in [5.41, 5.74) is 0.682. The molecule has 0 aliphatic carbocycles. The van der Waals surface area contributed by atoms with Gasteiger partial charge in [-0.05, 0) is 33.8 Å². The van der Waals surface area contributed by atoms with Crippen LogP contribution in [-0.2, 0) is 11.3 Å². The number of halogens is 2. The summed E-state index contributed by atoms with van der Waals surface area (Å²) in [4.78, 5) is 6.45. The van der Waals surface area contributed by atoms with Gasteiger partial charge >= 0.3 is 0 Å². The highest BCUT2D eigenvalue weighted by Crippen LogP contribution is 2.30. The SMILES string of the molecule is CC1(C)CN(Cc2cnc(Cl)cc2Cl)CC(C)(C)O1. The maximum absolute atomic E-state index is 6.21. The first-order chi connectivity index (χ1) is 8.67. The minimum atomic E-state index is -0.159. The fourth-order valence-electron chi connectivity index (χ4n) is 2.85. The molecule has 5 heteroatoms. The van der Waals surface area contributed by atoms with Crippen molar-refractivity contribution >= 4 is 23.2 Å². The first-order valence-corrected chi connectivity index (χ1v) is 7.15. The largest absolute Gasteiger partial charge is 0.367 e. The topological polar surface area (TPSA) is 25.4 Å². The average Bonchev–Trinajstić information content (AvgIpc) is 2.17. The smallest absolute Gasteiger partial charge is 0.130 e. The second kappa shape index (κ2) is 5.21. The van der Waals surface area contributed by atoms with Crippen LogP contribution < -0.4 is 0 Å². The molecular formula is C14H20Cl2N2O. The number of ether oxygens (including phenoxy) is 1. The molecule has 1 saturated heterocycles. The number of aromatic nitrogens is 1. The Morgan fingerprint density at radius 3 is 2.32 bits per heavy atom. The number of nitrogens with zero attached hydrogens (tertiary/aromatic N) is 2. The van der Waals surface area contributed by atoms with Gasteiger partial charge in [-0.2, -0.15) is 0 Å². The van der Waals surface area contributed by atoms with Crippen LogP contribution in [0.1, 0.15) is 33.3 Å². The van der Waals surface area contributed by atoms with E-state index in [0.29, 0.717) is 10.2 Å². The third-order valence-corrected chi connectivity index (χ3v) is 3.61. The third kappa shape index (κ3) is 4.06. The highest BCUT2D eigenvalue weighted by molar-refractivity contribution is 6.34. The minimum Gasteiger partial charge on any atom is -0.367 e. The molecule has 3 nitrogen and oxygen atoms in total. The fraction of sp³-hybridized carbons (Fsp3) is 0.643. The summed E-state index contributed by atoms with van der Waals surface area (Å²) in [6.07, 6.45) is 1.75. The number of hydrogen-bond donors (Lipinski definition) is 0. The van der Waals surface area contributed by atoms with E-state index in [1.807, 2.05) is 0 Å². The summed E-state index contributed by atoms with van der Waals surface area (Å²) in [5, 5.41) is 1.10. The van der Waals surface area contributed by atoms with Gasteiger partial charge in [0.05, 0.1) is 11.2 Å². The lowest BCUT2D eigenvalue weighted by molar-refractivity contribution is -0.182. The molecule has 0 amide bonds. The van der Waals surface area contributed by atoms with Crippen LogP contribution in [0.3, 0.4) is 0 Å². The Morgan fingerprint density at radius 1 is 1.21 bits per heavy atom. The third-order valence-electron chi connectivity index (χ3n) is 3.05. The summed E-state index contributed by atoms with van der Waals surface area (Å²) in [5.74, 6) is 0. The number of hydrogen-bond acceptors (Lipinski definition) is 3. The average molecular weight is 303 g/mol. The summed E-state index contributed by atoms with van der Waals surface area (Å²) < 4.78 is 6.07. The quantitative estimate of drug-likeness (QED) is 0.778. The Labute approximate surface area is 124 Å². The van der Waals surface area contributed by atoms with E-state index in [9.17, 15) is 0 Å². The lowest BCUT2D eigenvalue weighted by atomic mass is 9.98. The molecule has 1 fully saturated rings. The van der Waals surface area contributed by atoms with Crippen molar-refractivity contribution in [2.75, 3.05) is 13.1 Å². The van der Waals surface area contributed by atoms with Crippen LogP contribution in [-0.4, -0.2) is 34.2 Å². The summed E-state index contributed by atoms with van der Waals surface area (Å²) in [6, 6.07) is 1.69. The molecule has 0 radical (unpaired) electrons. The molecule has 106 valence electrons. The van der Waals surface area contributed by atoms with E-state index in [4.69, 9.17) is 27.9 Å². The van der Waals surface area contributed by atoms with Gasteiger partial charge in [0.1, 0.15) is 5.15 Å². The lowest BCUT2D eigenvalue weighted by Crippen LogP contribution is -2.56. The Bertz CT molecular complexity index is 459. The molecule has 0 unspecified atom stereocenters. The molecule has 1 aliphatic rings. The van der Waals surface area contributed by atoms with E-state index in [-0.39, 0.29) is 11.2 Å². The van der Waals surface area contributed by atoms with E-state index in [0.717, 1.165) is 25.2 Å². The summed E-state index contributed by atoms with van der Waals surface area (Å²) in [7, 11) is 0. The molecule has 1 aliphatic heterocycles. The zero-order valence-electron chi connectivity index (χ0n) is 11.8. The van der Waals surface area contributed by atoms with Gasteiger partial charge in [0.2, 0.25) is 0 Å². The summed E-state index contributed by atoms with van der Waals surface area (Å²) in [6.45, 7) is 11.0. The fourth-order valence-corrected chi connectivity index (χ4v) is 3.28. The van der Waals surface area contributed by atoms with Crippen LogP contribution in [0.4, 0.5) is 0 Å². The highest BCUT2D eigenvalue weighted by atomic mass is 35.5. The van der Waals surface area contributed by atoms with E-state index < -0.39 is 0 Å². The molecule has 1 aromatic heterocycles. The van der Waals surface area contributed by atoms with Gasteiger partial charge in [-0.3, -0.25) is 4.90 Å². The van der Waals surface area contributed by atoms with Crippen molar-refractivity contribution in [3.8, 4) is 0 Å². The Morgan fingerprint density at radius 2 is 1.79 bits per heavy atom. The molecular weight excluding hydrogens is 283 g/mol. The minimum absolute atomic E-state index is 0.159. The molecule has 0 saturated carbocycles. The monoisotopic (exact) mass is 302 g/mol. The van der Waals surface area contributed by atoms with Gasteiger partial charge < -0.3 is 4.74 Å². The normalized spacial score (nSPS) is 22.4. The zero-order chi connectivity index (χ0) is 14.3. The van der Waals surface area contributed by atoms with Gasteiger partial charge in [0.25, 0.3) is 0 Å². The van der Waals surface area contributed by atoms with Crippen molar-refractivity contribution in [1.29, 1.82) is 0 Å². The van der Waals surface area contributed by atoms with Gasteiger partial charge in [0, 0.05) is 36.4 Å². The van der Waals surface area contributed by atoms with Crippen LogP contribution in [0.5, 0.6) is 0 Å². The second-order valence-corrected chi connectivity index (χ2v) is 7.16. The molecule has 19 heavy (non-hydrogen) atoms. The standard InChI is InChI=1S/C14H20Cl2N2O/c1-13(2)8-18(9-14(3,4)19-13)7-10-6-17-12(16)5-11(10)15/h5-6H,7-9H2,1-4H3. The Kier molecular flexibility index (Phi) is 4.12. The first-order valence-electron chi connectivity index (χ1n) is 6.39. The predicted molar refractivity (Wildman–Crippen MR) is 78.8 cm³/mol. The van der Waals surface area contributed by atoms with Crippen molar-refractivity contribution in [3.63, 3.8) is 0 Å². The van der Waals surface area contributed by atoms with Crippen molar-refractivity contribution in [1.82, 2.24) is 9.88 Å². The predicted octanol–water partition coefficient (Wildman–Crippen LogP) is 3.78. The van der Waals surface area contributed by atoms with Gasteiger partial charge in [0.15, 0.2) is 0 Å². The molecule has 0 atom stereocenters. The van der Waals surface area contributed by atoms with E-state index >= 15 is 0 Å². The van der Waals surface area contributed by atoms with Gasteiger partial charge in [-0.15, -0.1) is 0 Å². The van der Waals surface area contributed by atoms with Crippen LogP contribution in [0, 0.1) is 0 Å². The van der Waals surface area contributed by atoms with Crippen LogP contribution in [0.15, 0.2) is 12.3 Å². The lowest BCUT2D eigenvalue weighted by Gasteiger charge is -2.47. The van der Waals surface area contributed by atoms with Gasteiger partial charge in [-0.1, -0.05) is 23.2 Å². The Hall–Kier alpha value is -0.350. The first kappa shape index (κ1) is 15.0. The zero-order valence-corrected chi connectivity index (χ0v) is 13.3. The molecule has 0 bridgehead atoms. The molecule has 1 aromatic rings. The van der Waals surface area contributed by atoms with Gasteiger partial charge in [-0.25, -0.2) is 4.98 Å². The molecule has 2 heterocycles. The van der Waals surface area contributed by atoms with E-state index in [1.54, 1.807) is 12.3 Å². The van der Waals surface area contributed by atoms with Crippen molar-refractivity contribution < 1.29 is 4.74 Å². The summed E-state index contributed by atoms with van der Waals surface area (Å²) >= 11 is 12.0. The Balaban J connectivity index is 2.14. The molecule has 0 spiro atoms. The van der Waals surface area contributed by atoms with E-state index in [1.165, 1.54) is 0 Å². The van der Waals surface area contributed by atoms with E-state index in [2.05, 4.69) is 37.6 Å². The van der Waals surface area contributed by atoms with Crippen LogP contribution >= 0.6 is 23.2 Å². The molecule has 0 N–H and O–H groups in total. The number of rotatable bonds is 2. The molecule has 2 rings (SSSR count). The van der Waals surface area contributed by atoms with Crippen LogP contribution in [0.2, 0.25) is 10.2 Å². The number of pyridine rings is 1. The van der Waals surface area contributed by atoms with Crippen molar-refractivity contribution in [2.24, 2.45) is 0 Å².